The zero-order valence-electron chi connectivity index (χ0n) is 13.4. The lowest BCUT2D eigenvalue weighted by molar-refractivity contribution is 0.174. The molecule has 2 unspecified atom stereocenters. The summed E-state index contributed by atoms with van der Waals surface area (Å²) in [5.74, 6) is 0. The molecule has 2 atom stereocenters. The molecule has 0 saturated carbocycles. The zero-order chi connectivity index (χ0) is 15.5. The minimum Gasteiger partial charge on any atom is -0.380 e. The predicted molar refractivity (Wildman–Crippen MR) is 83.4 cm³/mol. The van der Waals surface area contributed by atoms with Gasteiger partial charge >= 0.3 is 0 Å². The van der Waals surface area contributed by atoms with Crippen LogP contribution in [0.15, 0.2) is 0 Å². The molecular formula is C14H29N3O3S. The number of piperidine rings is 1. The minimum atomic E-state index is -3.40. The molecule has 2 fully saturated rings. The molecule has 0 amide bonds. The smallest absolute Gasteiger partial charge is 0.282 e. The highest BCUT2D eigenvalue weighted by atomic mass is 32.2. The molecule has 0 spiro atoms. The minimum absolute atomic E-state index is 0.0179. The molecule has 0 aromatic heterocycles. The Hall–Kier alpha value is -0.210. The van der Waals surface area contributed by atoms with E-state index < -0.39 is 10.2 Å². The van der Waals surface area contributed by atoms with Gasteiger partial charge in [0.2, 0.25) is 0 Å². The fourth-order valence-corrected chi connectivity index (χ4v) is 4.81. The molecule has 7 heteroatoms. The van der Waals surface area contributed by atoms with Crippen molar-refractivity contribution in [2.75, 3.05) is 33.4 Å². The molecule has 0 radical (unpaired) electrons. The third kappa shape index (κ3) is 4.16. The van der Waals surface area contributed by atoms with Crippen molar-refractivity contribution in [3.05, 3.63) is 0 Å². The van der Waals surface area contributed by atoms with Crippen LogP contribution in [-0.4, -0.2) is 68.5 Å². The van der Waals surface area contributed by atoms with Gasteiger partial charge in [-0.3, -0.25) is 0 Å². The molecule has 0 aromatic carbocycles. The Kier molecular flexibility index (Phi) is 6.02. The quantitative estimate of drug-likeness (QED) is 0.787. The highest BCUT2D eigenvalue weighted by Crippen LogP contribution is 2.24. The van der Waals surface area contributed by atoms with Crippen molar-refractivity contribution in [1.82, 2.24) is 13.9 Å². The fraction of sp³-hybridized carbons (Fsp3) is 1.00. The van der Waals surface area contributed by atoms with E-state index in [0.717, 1.165) is 32.2 Å². The van der Waals surface area contributed by atoms with Gasteiger partial charge < -0.3 is 10.1 Å². The summed E-state index contributed by atoms with van der Waals surface area (Å²) in [5.41, 5.74) is 0. The first-order valence-electron chi connectivity index (χ1n) is 7.99. The van der Waals surface area contributed by atoms with Crippen LogP contribution in [0.25, 0.3) is 0 Å². The highest BCUT2D eigenvalue weighted by Gasteiger charge is 2.38. The topological polar surface area (TPSA) is 61.9 Å². The van der Waals surface area contributed by atoms with Gasteiger partial charge in [0.25, 0.3) is 10.2 Å². The van der Waals surface area contributed by atoms with Crippen LogP contribution in [0.1, 0.15) is 39.5 Å². The van der Waals surface area contributed by atoms with E-state index in [1.165, 1.54) is 4.31 Å². The molecule has 2 heterocycles. The molecule has 6 nitrogen and oxygen atoms in total. The third-order valence-corrected chi connectivity index (χ3v) is 6.51. The lowest BCUT2D eigenvalue weighted by Gasteiger charge is -2.38. The summed E-state index contributed by atoms with van der Waals surface area (Å²) in [6.07, 6.45) is 3.78. The summed E-state index contributed by atoms with van der Waals surface area (Å²) in [5, 5.41) is 3.38. The van der Waals surface area contributed by atoms with E-state index in [1.54, 1.807) is 11.4 Å². The van der Waals surface area contributed by atoms with Crippen LogP contribution in [0.2, 0.25) is 0 Å². The Balaban J connectivity index is 2.07. The average Bonchev–Trinajstić information content (AvgIpc) is 2.98. The zero-order valence-corrected chi connectivity index (χ0v) is 14.2. The van der Waals surface area contributed by atoms with E-state index in [2.05, 4.69) is 19.2 Å². The maximum absolute atomic E-state index is 12.9. The molecule has 1 N–H and O–H groups in total. The van der Waals surface area contributed by atoms with Gasteiger partial charge in [0.15, 0.2) is 0 Å². The number of rotatable bonds is 6. The van der Waals surface area contributed by atoms with Crippen molar-refractivity contribution in [2.45, 2.75) is 57.7 Å². The van der Waals surface area contributed by atoms with E-state index >= 15 is 0 Å². The Morgan fingerprint density at radius 1 is 1.33 bits per heavy atom. The van der Waals surface area contributed by atoms with Crippen molar-refractivity contribution in [3.8, 4) is 0 Å². The Bertz CT molecular complexity index is 421. The Morgan fingerprint density at radius 2 is 2.10 bits per heavy atom. The van der Waals surface area contributed by atoms with Crippen molar-refractivity contribution in [1.29, 1.82) is 0 Å². The van der Waals surface area contributed by atoms with E-state index in [9.17, 15) is 8.42 Å². The van der Waals surface area contributed by atoms with Crippen LogP contribution in [0, 0.1) is 0 Å². The molecule has 2 aliphatic heterocycles. The maximum atomic E-state index is 12.9. The molecule has 2 rings (SSSR count). The summed E-state index contributed by atoms with van der Waals surface area (Å²) in [6, 6.07) is 0.420. The number of nitrogens with one attached hydrogen (secondary N) is 1. The van der Waals surface area contributed by atoms with Gasteiger partial charge in [-0.15, -0.1) is 0 Å². The van der Waals surface area contributed by atoms with Gasteiger partial charge in [0, 0.05) is 38.8 Å². The van der Waals surface area contributed by atoms with Gasteiger partial charge in [-0.05, 0) is 19.3 Å². The van der Waals surface area contributed by atoms with E-state index in [1.807, 2.05) is 0 Å². The SMILES string of the molecule is CC(C)NCC1CCCCN1S(=O)(=O)N(C)C1CCOC1. The lowest BCUT2D eigenvalue weighted by Crippen LogP contribution is -2.55. The van der Waals surface area contributed by atoms with Crippen LogP contribution < -0.4 is 5.32 Å². The normalized spacial score (nSPS) is 28.6. The second kappa shape index (κ2) is 7.37. The standard InChI is InChI=1S/C14H29N3O3S/c1-12(2)15-10-13-6-4-5-8-17(13)21(18,19)16(3)14-7-9-20-11-14/h12-15H,4-11H2,1-3H3. The fourth-order valence-electron chi connectivity index (χ4n) is 3.02. The molecule has 2 saturated heterocycles. The third-order valence-electron chi connectivity index (χ3n) is 4.41. The van der Waals surface area contributed by atoms with Crippen molar-refractivity contribution < 1.29 is 13.2 Å². The average molecular weight is 319 g/mol. The van der Waals surface area contributed by atoms with Gasteiger partial charge in [-0.1, -0.05) is 20.3 Å². The van der Waals surface area contributed by atoms with Crippen LogP contribution in [0.5, 0.6) is 0 Å². The van der Waals surface area contributed by atoms with Gasteiger partial charge in [0.1, 0.15) is 0 Å². The number of hydrogen-bond acceptors (Lipinski definition) is 4. The summed E-state index contributed by atoms with van der Waals surface area (Å²) < 4.78 is 34.3. The largest absolute Gasteiger partial charge is 0.380 e. The summed E-state index contributed by atoms with van der Waals surface area (Å²) >= 11 is 0. The molecule has 124 valence electrons. The number of hydrogen-bond donors (Lipinski definition) is 1. The van der Waals surface area contributed by atoms with Crippen LogP contribution >= 0.6 is 0 Å². The molecule has 0 aromatic rings. The van der Waals surface area contributed by atoms with Gasteiger partial charge in [0.05, 0.1) is 12.6 Å². The Morgan fingerprint density at radius 3 is 2.71 bits per heavy atom. The first kappa shape index (κ1) is 17.1. The van der Waals surface area contributed by atoms with Crippen LogP contribution in [0.4, 0.5) is 0 Å². The second-order valence-corrected chi connectivity index (χ2v) is 8.31. The molecule has 21 heavy (non-hydrogen) atoms. The monoisotopic (exact) mass is 319 g/mol. The molecule has 2 aliphatic rings. The lowest BCUT2D eigenvalue weighted by atomic mass is 10.0. The van der Waals surface area contributed by atoms with Crippen molar-refractivity contribution >= 4 is 10.2 Å². The summed E-state index contributed by atoms with van der Waals surface area (Å²) in [4.78, 5) is 0. The predicted octanol–water partition coefficient (Wildman–Crippen LogP) is 0.804. The molecular weight excluding hydrogens is 290 g/mol. The van der Waals surface area contributed by atoms with Crippen molar-refractivity contribution in [2.24, 2.45) is 0 Å². The Labute approximate surface area is 129 Å². The van der Waals surface area contributed by atoms with Gasteiger partial charge in [-0.25, -0.2) is 0 Å². The van der Waals surface area contributed by atoms with Crippen LogP contribution in [0.3, 0.4) is 0 Å². The van der Waals surface area contributed by atoms with Crippen LogP contribution in [-0.2, 0) is 14.9 Å². The maximum Gasteiger partial charge on any atom is 0.282 e. The van der Waals surface area contributed by atoms with Gasteiger partial charge in [-0.2, -0.15) is 17.0 Å². The van der Waals surface area contributed by atoms with E-state index in [4.69, 9.17) is 4.74 Å². The molecule has 0 aliphatic carbocycles. The summed E-state index contributed by atoms with van der Waals surface area (Å²) in [7, 11) is -1.71. The highest BCUT2D eigenvalue weighted by molar-refractivity contribution is 7.86. The first-order valence-corrected chi connectivity index (χ1v) is 9.38. The molecule has 0 bridgehead atoms. The van der Waals surface area contributed by atoms with Crippen molar-refractivity contribution in [3.63, 3.8) is 0 Å². The number of nitrogens with zero attached hydrogens (tertiary/aromatic N) is 2. The van der Waals surface area contributed by atoms with E-state index in [0.29, 0.717) is 25.8 Å². The number of ether oxygens (including phenoxy) is 1. The first-order chi connectivity index (χ1) is 9.93. The van der Waals surface area contributed by atoms with E-state index in [-0.39, 0.29) is 12.1 Å². The second-order valence-electron chi connectivity index (χ2n) is 6.36. The summed E-state index contributed by atoms with van der Waals surface area (Å²) in [6.45, 7) is 6.70. The number of likely N-dealkylation sites (N-methyl/N-ethyl adjacent to an activating group) is 1.